The molecule has 2 aromatic rings. The lowest BCUT2D eigenvalue weighted by Crippen LogP contribution is -2.33. The summed E-state index contributed by atoms with van der Waals surface area (Å²) in [5.74, 6) is -3.25. The summed E-state index contributed by atoms with van der Waals surface area (Å²) in [4.78, 5) is 23.2. The molecule has 1 aromatic carbocycles. The Morgan fingerprint density at radius 3 is 2.52 bits per heavy atom. The van der Waals surface area contributed by atoms with Crippen LogP contribution in [0.4, 0.5) is 8.78 Å². The Labute approximate surface area is 130 Å². The first kappa shape index (κ1) is 16.6. The Balaban J connectivity index is 2.14. The third-order valence-corrected chi connectivity index (χ3v) is 3.40. The minimum absolute atomic E-state index is 0.182. The molecular formula is C15H15F2N3O3. The molecule has 1 amide bonds. The van der Waals surface area contributed by atoms with Crippen molar-refractivity contribution >= 4 is 11.9 Å². The number of nitrogens with one attached hydrogen (secondary N) is 1. The van der Waals surface area contributed by atoms with Crippen molar-refractivity contribution in [1.29, 1.82) is 0 Å². The number of nitrogens with zero attached hydrogens (tertiary/aromatic N) is 2. The van der Waals surface area contributed by atoms with Gasteiger partial charge in [0.05, 0.1) is 12.1 Å². The molecule has 0 aliphatic carbocycles. The van der Waals surface area contributed by atoms with Crippen molar-refractivity contribution in [3.05, 3.63) is 53.3 Å². The van der Waals surface area contributed by atoms with Crippen LogP contribution in [-0.4, -0.2) is 39.7 Å². The van der Waals surface area contributed by atoms with Crippen molar-refractivity contribution in [2.24, 2.45) is 7.05 Å². The van der Waals surface area contributed by atoms with Crippen molar-refractivity contribution in [3.63, 3.8) is 0 Å². The number of hydrogen-bond donors (Lipinski definition) is 2. The highest BCUT2D eigenvalue weighted by molar-refractivity contribution is 6.03. The van der Waals surface area contributed by atoms with Crippen molar-refractivity contribution in [2.75, 3.05) is 6.54 Å². The second-order valence-corrected chi connectivity index (χ2v) is 4.90. The zero-order valence-corrected chi connectivity index (χ0v) is 12.2. The van der Waals surface area contributed by atoms with Crippen LogP contribution in [0, 0.1) is 0 Å². The van der Waals surface area contributed by atoms with Gasteiger partial charge in [-0.05, 0) is 5.56 Å². The van der Waals surface area contributed by atoms with Crippen LogP contribution in [-0.2, 0) is 7.05 Å². The molecule has 0 saturated carbocycles. The number of carboxylic acid groups (broad SMARTS) is 1. The number of halogens is 2. The maximum Gasteiger partial charge on any atom is 0.339 e. The summed E-state index contributed by atoms with van der Waals surface area (Å²) in [6, 6.07) is 8.08. The fraction of sp³-hybridized carbons (Fsp3) is 0.267. The van der Waals surface area contributed by atoms with Crippen LogP contribution in [0.3, 0.4) is 0 Å². The van der Waals surface area contributed by atoms with Crippen LogP contribution in [0.25, 0.3) is 0 Å². The fourth-order valence-corrected chi connectivity index (χ4v) is 2.20. The Bertz CT molecular complexity index is 701. The van der Waals surface area contributed by atoms with E-state index < -0.39 is 24.2 Å². The van der Waals surface area contributed by atoms with E-state index in [1.807, 2.05) is 0 Å². The zero-order valence-electron chi connectivity index (χ0n) is 12.2. The standard InChI is InChI=1S/C15H15F2N3O3/c1-20-12(11(8-19-20)15(22)23)14(21)18-7-10(13(16)17)9-5-3-2-4-6-9/h2-6,8,10,13H,7H2,1H3,(H,18,21)(H,22,23). The van der Waals surface area contributed by atoms with E-state index in [4.69, 9.17) is 5.11 Å². The molecule has 0 aliphatic rings. The van der Waals surface area contributed by atoms with Gasteiger partial charge in [-0.25, -0.2) is 13.6 Å². The lowest BCUT2D eigenvalue weighted by molar-refractivity contribution is 0.0688. The molecule has 1 atom stereocenters. The van der Waals surface area contributed by atoms with Gasteiger partial charge < -0.3 is 10.4 Å². The van der Waals surface area contributed by atoms with E-state index in [0.717, 1.165) is 10.9 Å². The number of benzene rings is 1. The number of carbonyl (C=O) groups is 2. The molecule has 0 bridgehead atoms. The van der Waals surface area contributed by atoms with E-state index in [1.54, 1.807) is 30.3 Å². The van der Waals surface area contributed by atoms with Crippen molar-refractivity contribution in [2.45, 2.75) is 12.3 Å². The van der Waals surface area contributed by atoms with E-state index in [2.05, 4.69) is 10.4 Å². The van der Waals surface area contributed by atoms with Crippen molar-refractivity contribution in [3.8, 4) is 0 Å². The first-order valence-electron chi connectivity index (χ1n) is 6.78. The molecule has 1 heterocycles. The van der Waals surface area contributed by atoms with Gasteiger partial charge in [0.1, 0.15) is 11.3 Å². The van der Waals surface area contributed by atoms with Gasteiger partial charge in [0.2, 0.25) is 6.43 Å². The molecule has 0 aliphatic heterocycles. The van der Waals surface area contributed by atoms with Crippen molar-refractivity contribution < 1.29 is 23.5 Å². The minimum Gasteiger partial charge on any atom is -0.478 e. The van der Waals surface area contributed by atoms with Crippen LogP contribution >= 0.6 is 0 Å². The lowest BCUT2D eigenvalue weighted by atomic mass is 9.99. The minimum atomic E-state index is -2.66. The quantitative estimate of drug-likeness (QED) is 0.850. The number of rotatable bonds is 6. The molecular weight excluding hydrogens is 308 g/mol. The molecule has 2 N–H and O–H groups in total. The summed E-state index contributed by atoms with van der Waals surface area (Å²) >= 11 is 0. The fourth-order valence-electron chi connectivity index (χ4n) is 2.20. The summed E-state index contributed by atoms with van der Waals surface area (Å²) < 4.78 is 27.5. The van der Waals surface area contributed by atoms with Gasteiger partial charge in [0, 0.05) is 13.6 Å². The average molecular weight is 323 g/mol. The third-order valence-electron chi connectivity index (χ3n) is 3.40. The molecule has 0 spiro atoms. The summed E-state index contributed by atoms with van der Waals surface area (Å²) in [6.07, 6.45) is -1.62. The summed E-state index contributed by atoms with van der Waals surface area (Å²) in [5.41, 5.74) is -0.0665. The van der Waals surface area contributed by atoms with Gasteiger partial charge in [-0.15, -0.1) is 0 Å². The summed E-state index contributed by atoms with van der Waals surface area (Å²) in [7, 11) is 1.41. The number of alkyl halides is 2. The van der Waals surface area contributed by atoms with Gasteiger partial charge in [-0.1, -0.05) is 30.3 Å². The zero-order chi connectivity index (χ0) is 17.0. The summed E-state index contributed by atoms with van der Waals surface area (Å²) in [6.45, 7) is -0.315. The Morgan fingerprint density at radius 2 is 1.96 bits per heavy atom. The molecule has 6 nitrogen and oxygen atoms in total. The first-order valence-corrected chi connectivity index (χ1v) is 6.78. The van der Waals surface area contributed by atoms with Crippen molar-refractivity contribution in [1.82, 2.24) is 15.1 Å². The molecule has 122 valence electrons. The highest BCUT2D eigenvalue weighted by Gasteiger charge is 2.26. The van der Waals surface area contributed by atoms with Crippen LogP contribution in [0.15, 0.2) is 36.5 Å². The number of aryl methyl sites for hydroxylation is 1. The number of aromatic nitrogens is 2. The van der Waals surface area contributed by atoms with Crippen LogP contribution < -0.4 is 5.32 Å². The average Bonchev–Trinajstić information content (AvgIpc) is 2.90. The number of carbonyl (C=O) groups excluding carboxylic acids is 1. The predicted octanol–water partition coefficient (Wildman–Crippen LogP) is 1.90. The molecule has 1 aromatic heterocycles. The molecule has 0 radical (unpaired) electrons. The molecule has 0 fully saturated rings. The number of aromatic carboxylic acids is 1. The van der Waals surface area contributed by atoms with E-state index >= 15 is 0 Å². The van der Waals surface area contributed by atoms with Gasteiger partial charge in [0.25, 0.3) is 5.91 Å². The van der Waals surface area contributed by atoms with Crippen LogP contribution in [0.1, 0.15) is 32.3 Å². The van der Waals surface area contributed by atoms with Gasteiger partial charge in [-0.2, -0.15) is 5.10 Å². The number of amides is 1. The lowest BCUT2D eigenvalue weighted by Gasteiger charge is -2.17. The Morgan fingerprint density at radius 1 is 1.30 bits per heavy atom. The van der Waals surface area contributed by atoms with E-state index in [-0.39, 0.29) is 17.8 Å². The monoisotopic (exact) mass is 323 g/mol. The van der Waals surface area contributed by atoms with E-state index in [1.165, 1.54) is 7.05 Å². The second-order valence-electron chi connectivity index (χ2n) is 4.90. The van der Waals surface area contributed by atoms with Gasteiger partial charge >= 0.3 is 5.97 Å². The third kappa shape index (κ3) is 3.71. The largest absolute Gasteiger partial charge is 0.478 e. The Hall–Kier alpha value is -2.77. The normalized spacial score (nSPS) is 12.2. The molecule has 8 heteroatoms. The topological polar surface area (TPSA) is 84.2 Å². The molecule has 2 rings (SSSR count). The number of carboxylic acids is 1. The molecule has 23 heavy (non-hydrogen) atoms. The highest BCUT2D eigenvalue weighted by atomic mass is 19.3. The van der Waals surface area contributed by atoms with Crippen LogP contribution in [0.5, 0.6) is 0 Å². The van der Waals surface area contributed by atoms with E-state index in [9.17, 15) is 18.4 Å². The maximum atomic E-state index is 13.2. The van der Waals surface area contributed by atoms with Gasteiger partial charge in [0.15, 0.2) is 0 Å². The second kappa shape index (κ2) is 6.99. The van der Waals surface area contributed by atoms with Gasteiger partial charge in [-0.3, -0.25) is 9.48 Å². The van der Waals surface area contributed by atoms with E-state index in [0.29, 0.717) is 5.56 Å². The first-order chi connectivity index (χ1) is 10.9. The highest BCUT2D eigenvalue weighted by Crippen LogP contribution is 2.22. The maximum absolute atomic E-state index is 13.2. The van der Waals surface area contributed by atoms with Crippen LogP contribution in [0.2, 0.25) is 0 Å². The smallest absolute Gasteiger partial charge is 0.339 e. The SMILES string of the molecule is Cn1ncc(C(=O)O)c1C(=O)NCC(c1ccccc1)C(F)F. The molecule has 1 unspecified atom stereocenters. The number of hydrogen-bond acceptors (Lipinski definition) is 3. The molecule has 0 saturated heterocycles. The Kier molecular flexibility index (Phi) is 5.05. The summed E-state index contributed by atoms with van der Waals surface area (Å²) in [5, 5.41) is 15.1. The predicted molar refractivity (Wildman–Crippen MR) is 77.7 cm³/mol.